The molecule has 6 heteroatoms. The number of H-pyrrole nitrogens is 1. The number of benzene rings is 1. The highest BCUT2D eigenvalue weighted by Gasteiger charge is 2.13. The first-order chi connectivity index (χ1) is 11.0. The number of amides is 1. The number of aromatic nitrogens is 2. The molecule has 2 aromatic heterocycles. The Labute approximate surface area is 140 Å². The summed E-state index contributed by atoms with van der Waals surface area (Å²) in [7, 11) is 0. The van der Waals surface area contributed by atoms with Crippen LogP contribution in [-0.4, -0.2) is 15.9 Å². The van der Waals surface area contributed by atoms with Gasteiger partial charge < -0.3 is 10.3 Å². The normalized spacial score (nSPS) is 10.7. The molecule has 5 nitrogen and oxygen atoms in total. The number of carbonyl (C=O) groups is 1. The van der Waals surface area contributed by atoms with Gasteiger partial charge in [0.1, 0.15) is 11.2 Å². The molecule has 0 radical (unpaired) electrons. The van der Waals surface area contributed by atoms with E-state index in [9.17, 15) is 9.59 Å². The molecule has 0 fully saturated rings. The van der Waals surface area contributed by atoms with Crippen LogP contribution in [-0.2, 0) is 6.54 Å². The minimum atomic E-state index is -0.406. The van der Waals surface area contributed by atoms with E-state index in [4.69, 9.17) is 0 Å². The van der Waals surface area contributed by atoms with Crippen LogP contribution in [0.1, 0.15) is 21.6 Å². The molecule has 1 amide bonds. The minimum absolute atomic E-state index is 0.0836. The average Bonchev–Trinajstić information content (AvgIpc) is 2.54. The Bertz CT molecular complexity index is 933. The van der Waals surface area contributed by atoms with E-state index in [1.165, 1.54) is 6.20 Å². The minimum Gasteiger partial charge on any atom is -0.348 e. The number of carbonyl (C=O) groups excluding carboxylic acids is 1. The predicted octanol–water partition coefficient (Wildman–Crippen LogP) is 2.92. The predicted molar refractivity (Wildman–Crippen MR) is 92.4 cm³/mol. The van der Waals surface area contributed by atoms with Crippen molar-refractivity contribution in [1.29, 1.82) is 0 Å². The molecule has 2 heterocycles. The Kier molecular flexibility index (Phi) is 4.25. The van der Waals surface area contributed by atoms with Crippen molar-refractivity contribution in [1.82, 2.24) is 15.3 Å². The summed E-state index contributed by atoms with van der Waals surface area (Å²) < 4.78 is 0.973. The summed E-state index contributed by atoms with van der Waals surface area (Å²) in [5, 5.41) is 3.17. The summed E-state index contributed by atoms with van der Waals surface area (Å²) in [4.78, 5) is 31.8. The zero-order chi connectivity index (χ0) is 16.4. The lowest BCUT2D eigenvalue weighted by Crippen LogP contribution is -2.28. The third kappa shape index (κ3) is 3.32. The highest BCUT2D eigenvalue weighted by atomic mass is 79.9. The molecule has 23 heavy (non-hydrogen) atoms. The van der Waals surface area contributed by atoms with Crippen molar-refractivity contribution < 1.29 is 4.79 Å². The van der Waals surface area contributed by atoms with E-state index in [0.29, 0.717) is 17.6 Å². The van der Waals surface area contributed by atoms with Crippen molar-refractivity contribution in [2.75, 3.05) is 0 Å². The number of aryl methyl sites for hydroxylation is 1. The van der Waals surface area contributed by atoms with Gasteiger partial charge in [0.05, 0.1) is 5.39 Å². The molecule has 0 unspecified atom stereocenters. The monoisotopic (exact) mass is 371 g/mol. The van der Waals surface area contributed by atoms with E-state index >= 15 is 0 Å². The Hall–Kier alpha value is -2.47. The van der Waals surface area contributed by atoms with Crippen molar-refractivity contribution in [3.8, 4) is 0 Å². The maximum Gasteiger partial charge on any atom is 0.257 e. The molecule has 0 atom stereocenters. The lowest BCUT2D eigenvalue weighted by Gasteiger charge is -2.06. The van der Waals surface area contributed by atoms with Gasteiger partial charge in [-0.2, -0.15) is 0 Å². The molecule has 0 spiro atoms. The van der Waals surface area contributed by atoms with Gasteiger partial charge in [-0.05, 0) is 36.8 Å². The smallest absolute Gasteiger partial charge is 0.257 e. The van der Waals surface area contributed by atoms with Gasteiger partial charge in [0, 0.05) is 22.9 Å². The molecule has 2 N–H and O–H groups in total. The summed E-state index contributed by atoms with van der Waals surface area (Å²) >= 11 is 3.36. The molecule has 1 aromatic carbocycles. The quantitative estimate of drug-likeness (QED) is 0.743. The number of aromatic amines is 1. The second kappa shape index (κ2) is 6.34. The maximum absolute atomic E-state index is 12.4. The first-order valence-electron chi connectivity index (χ1n) is 7.06. The van der Waals surface area contributed by atoms with Crippen LogP contribution in [0.25, 0.3) is 11.0 Å². The zero-order valence-electron chi connectivity index (χ0n) is 12.4. The maximum atomic E-state index is 12.4. The van der Waals surface area contributed by atoms with E-state index in [0.717, 1.165) is 15.7 Å². The fourth-order valence-electron chi connectivity index (χ4n) is 2.25. The van der Waals surface area contributed by atoms with Crippen LogP contribution >= 0.6 is 15.9 Å². The summed E-state index contributed by atoms with van der Waals surface area (Å²) in [5.74, 6) is -0.406. The highest BCUT2D eigenvalue weighted by molar-refractivity contribution is 9.10. The topological polar surface area (TPSA) is 74.8 Å². The van der Waals surface area contributed by atoms with Gasteiger partial charge in [-0.3, -0.25) is 9.59 Å². The van der Waals surface area contributed by atoms with Crippen LogP contribution in [0.5, 0.6) is 0 Å². The van der Waals surface area contributed by atoms with E-state index in [-0.39, 0.29) is 11.0 Å². The van der Waals surface area contributed by atoms with Crippen LogP contribution in [0, 0.1) is 6.92 Å². The second-order valence-electron chi connectivity index (χ2n) is 5.19. The first kappa shape index (κ1) is 15.4. The molecule has 0 aliphatic carbocycles. The van der Waals surface area contributed by atoms with E-state index in [1.807, 2.05) is 31.2 Å². The third-order valence-corrected chi connectivity index (χ3v) is 4.02. The summed E-state index contributed by atoms with van der Waals surface area (Å²) in [6.45, 7) is 2.20. The molecule has 0 saturated carbocycles. The van der Waals surface area contributed by atoms with E-state index in [2.05, 4.69) is 31.2 Å². The van der Waals surface area contributed by atoms with Gasteiger partial charge in [0.15, 0.2) is 0 Å². The second-order valence-corrected chi connectivity index (χ2v) is 6.11. The lowest BCUT2D eigenvalue weighted by molar-refractivity contribution is 0.0949. The number of hydrogen-bond donors (Lipinski definition) is 2. The molecule has 116 valence electrons. The van der Waals surface area contributed by atoms with Gasteiger partial charge in [0.25, 0.3) is 5.91 Å². The molecular weight excluding hydrogens is 358 g/mol. The van der Waals surface area contributed by atoms with Gasteiger partial charge in [-0.1, -0.05) is 28.1 Å². The average molecular weight is 372 g/mol. The molecule has 0 bridgehead atoms. The molecule has 0 aliphatic heterocycles. The van der Waals surface area contributed by atoms with Crippen molar-refractivity contribution in [2.24, 2.45) is 0 Å². The number of nitrogens with zero attached hydrogens (tertiary/aromatic N) is 1. The zero-order valence-corrected chi connectivity index (χ0v) is 14.0. The molecule has 0 aliphatic rings. The number of pyridine rings is 2. The van der Waals surface area contributed by atoms with Crippen LogP contribution in [0.2, 0.25) is 0 Å². The number of halogens is 1. The van der Waals surface area contributed by atoms with E-state index in [1.54, 1.807) is 12.1 Å². The van der Waals surface area contributed by atoms with Crippen LogP contribution < -0.4 is 10.7 Å². The lowest BCUT2D eigenvalue weighted by atomic mass is 10.1. The number of fused-ring (bicyclic) bond motifs is 1. The van der Waals surface area contributed by atoms with Crippen molar-refractivity contribution in [2.45, 2.75) is 13.5 Å². The summed E-state index contributed by atoms with van der Waals surface area (Å²) in [6.07, 6.45) is 1.41. The number of nitrogens with one attached hydrogen (secondary N) is 2. The van der Waals surface area contributed by atoms with Gasteiger partial charge in [-0.25, -0.2) is 4.98 Å². The Morgan fingerprint density at radius 1 is 1.22 bits per heavy atom. The Morgan fingerprint density at radius 3 is 2.70 bits per heavy atom. The molecule has 3 aromatic rings. The Balaban J connectivity index is 1.83. The van der Waals surface area contributed by atoms with Gasteiger partial charge in [-0.15, -0.1) is 0 Å². The molecule has 0 saturated heterocycles. The standard InChI is InChI=1S/C17H14BrN3O2/c1-10-2-7-13-15(22)14(9-19-16(13)21-10)17(23)20-8-11-3-5-12(18)6-4-11/h2-7,9H,8H2,1H3,(H,20,23)(H,19,21,22). The highest BCUT2D eigenvalue weighted by Crippen LogP contribution is 2.10. The fraction of sp³-hybridized carbons (Fsp3) is 0.118. The van der Waals surface area contributed by atoms with E-state index < -0.39 is 5.91 Å². The molecule has 3 rings (SSSR count). The van der Waals surface area contributed by atoms with Crippen LogP contribution in [0.15, 0.2) is 51.9 Å². The largest absolute Gasteiger partial charge is 0.348 e. The van der Waals surface area contributed by atoms with Gasteiger partial charge in [0.2, 0.25) is 5.43 Å². The SMILES string of the molecule is Cc1ccc2c(=O)c(C(=O)NCc3ccc(Br)cc3)c[nH]c2n1. The summed E-state index contributed by atoms with van der Waals surface area (Å²) in [5.41, 5.74) is 2.01. The first-order valence-corrected chi connectivity index (χ1v) is 7.85. The van der Waals surface area contributed by atoms with Crippen molar-refractivity contribution in [3.05, 3.63) is 74.1 Å². The number of rotatable bonds is 3. The Morgan fingerprint density at radius 2 is 1.96 bits per heavy atom. The summed E-state index contributed by atoms with van der Waals surface area (Å²) in [6, 6.07) is 11.0. The van der Waals surface area contributed by atoms with Gasteiger partial charge >= 0.3 is 0 Å². The van der Waals surface area contributed by atoms with Crippen molar-refractivity contribution in [3.63, 3.8) is 0 Å². The van der Waals surface area contributed by atoms with Crippen molar-refractivity contribution >= 4 is 32.9 Å². The van der Waals surface area contributed by atoms with Crippen LogP contribution in [0.3, 0.4) is 0 Å². The van der Waals surface area contributed by atoms with Crippen LogP contribution in [0.4, 0.5) is 0 Å². The third-order valence-electron chi connectivity index (χ3n) is 3.49. The fourth-order valence-corrected chi connectivity index (χ4v) is 2.51. The molecular formula is C17H14BrN3O2. The number of hydrogen-bond acceptors (Lipinski definition) is 3.